The standard InChI is InChI=1S/C36H38FN3O7S/c1-45-31-13-9-28(10-14-31)24-38-36(42)34(23-27-5-3-2-4-6-27)40(25-29-7-11-30(37)12-8-29)35(41)26-47-32-15-17-33(18-16-32)48(43,44)39-19-21-46-22-20-39/h2-18,34H,19-26H2,1H3,(H,38,42)/t34-/m0/s1. The van der Waals surface area contributed by atoms with Gasteiger partial charge in [-0.2, -0.15) is 4.31 Å². The molecule has 0 aromatic heterocycles. The SMILES string of the molecule is COc1ccc(CNC(=O)[C@H](Cc2ccccc2)N(Cc2ccc(F)cc2)C(=O)COc2ccc(S(=O)(=O)N3CCOCC3)cc2)cc1. The summed E-state index contributed by atoms with van der Waals surface area (Å²) in [6.07, 6.45) is 0.219. The first-order chi connectivity index (χ1) is 23.2. The van der Waals surface area contributed by atoms with Gasteiger partial charge >= 0.3 is 0 Å². The molecule has 0 saturated carbocycles. The summed E-state index contributed by atoms with van der Waals surface area (Å²) in [6.45, 7) is 1.04. The molecule has 1 atom stereocenters. The van der Waals surface area contributed by atoms with Crippen molar-refractivity contribution in [2.45, 2.75) is 30.4 Å². The average Bonchev–Trinajstić information content (AvgIpc) is 3.13. The molecule has 0 unspecified atom stereocenters. The molecule has 1 aliphatic heterocycles. The molecule has 1 aliphatic rings. The number of nitrogens with zero attached hydrogens (tertiary/aromatic N) is 2. The monoisotopic (exact) mass is 675 g/mol. The lowest BCUT2D eigenvalue weighted by Gasteiger charge is -2.31. The summed E-state index contributed by atoms with van der Waals surface area (Å²) in [7, 11) is -2.12. The molecule has 10 nitrogen and oxygen atoms in total. The molecular weight excluding hydrogens is 637 g/mol. The Morgan fingerprint density at radius 2 is 1.48 bits per heavy atom. The first kappa shape index (κ1) is 34.6. The second-order valence-electron chi connectivity index (χ2n) is 11.2. The van der Waals surface area contributed by atoms with Gasteiger partial charge in [-0.3, -0.25) is 9.59 Å². The fraction of sp³-hybridized carbons (Fsp3) is 0.278. The summed E-state index contributed by atoms with van der Waals surface area (Å²) >= 11 is 0. The number of benzene rings is 4. The molecule has 2 amide bonds. The van der Waals surface area contributed by atoms with Crippen molar-refractivity contribution in [2.24, 2.45) is 0 Å². The molecular formula is C36H38FN3O7S. The highest BCUT2D eigenvalue weighted by atomic mass is 32.2. The van der Waals surface area contributed by atoms with Crippen LogP contribution >= 0.6 is 0 Å². The van der Waals surface area contributed by atoms with Gasteiger partial charge < -0.3 is 24.4 Å². The van der Waals surface area contributed by atoms with Crippen LogP contribution in [0.25, 0.3) is 0 Å². The minimum absolute atomic E-state index is 0.0205. The number of carbonyl (C=O) groups is 2. The van der Waals surface area contributed by atoms with Crippen LogP contribution in [-0.4, -0.2) is 75.5 Å². The Bertz CT molecular complexity index is 1750. The predicted molar refractivity (Wildman–Crippen MR) is 177 cm³/mol. The molecule has 252 valence electrons. The predicted octanol–water partition coefficient (Wildman–Crippen LogP) is 4.19. The van der Waals surface area contributed by atoms with Gasteiger partial charge in [-0.05, 0) is 65.2 Å². The van der Waals surface area contributed by atoms with Crippen molar-refractivity contribution < 1.29 is 36.6 Å². The van der Waals surface area contributed by atoms with Crippen LogP contribution in [0.1, 0.15) is 16.7 Å². The molecule has 0 bridgehead atoms. The molecule has 4 aromatic carbocycles. The van der Waals surface area contributed by atoms with E-state index in [9.17, 15) is 22.4 Å². The lowest BCUT2D eigenvalue weighted by Crippen LogP contribution is -2.51. The fourth-order valence-electron chi connectivity index (χ4n) is 5.26. The number of methoxy groups -OCH3 is 1. The van der Waals surface area contributed by atoms with Crippen molar-refractivity contribution in [2.75, 3.05) is 40.0 Å². The number of halogens is 1. The van der Waals surface area contributed by atoms with E-state index < -0.39 is 34.4 Å². The van der Waals surface area contributed by atoms with Crippen LogP contribution in [0.4, 0.5) is 4.39 Å². The first-order valence-corrected chi connectivity index (χ1v) is 17.0. The van der Waals surface area contributed by atoms with Gasteiger partial charge in [-0.1, -0.05) is 54.6 Å². The smallest absolute Gasteiger partial charge is 0.261 e. The lowest BCUT2D eigenvalue weighted by atomic mass is 10.0. The zero-order valence-electron chi connectivity index (χ0n) is 26.6. The summed E-state index contributed by atoms with van der Waals surface area (Å²) in [5.74, 6) is -0.296. The summed E-state index contributed by atoms with van der Waals surface area (Å²) in [5, 5.41) is 2.97. The Balaban J connectivity index is 1.35. The Morgan fingerprint density at radius 3 is 2.12 bits per heavy atom. The van der Waals surface area contributed by atoms with E-state index in [2.05, 4.69) is 5.32 Å². The van der Waals surface area contributed by atoms with Crippen LogP contribution in [0, 0.1) is 5.82 Å². The van der Waals surface area contributed by atoms with Crippen LogP contribution in [0.5, 0.6) is 11.5 Å². The summed E-state index contributed by atoms with van der Waals surface area (Å²) in [4.78, 5) is 29.3. The lowest BCUT2D eigenvalue weighted by molar-refractivity contribution is -0.142. The van der Waals surface area contributed by atoms with Crippen molar-refractivity contribution in [3.63, 3.8) is 0 Å². The Labute approximate surface area is 280 Å². The molecule has 1 saturated heterocycles. The van der Waals surface area contributed by atoms with Gasteiger partial charge in [-0.15, -0.1) is 0 Å². The van der Waals surface area contributed by atoms with Gasteiger partial charge in [-0.25, -0.2) is 12.8 Å². The van der Waals surface area contributed by atoms with Crippen molar-refractivity contribution in [1.82, 2.24) is 14.5 Å². The Kier molecular flexibility index (Phi) is 11.8. The molecule has 1 heterocycles. The van der Waals surface area contributed by atoms with Gasteiger partial charge in [0.1, 0.15) is 23.4 Å². The minimum Gasteiger partial charge on any atom is -0.497 e. The fourth-order valence-corrected chi connectivity index (χ4v) is 6.67. The van der Waals surface area contributed by atoms with Crippen LogP contribution in [0.2, 0.25) is 0 Å². The highest BCUT2D eigenvalue weighted by Crippen LogP contribution is 2.22. The van der Waals surface area contributed by atoms with E-state index in [4.69, 9.17) is 14.2 Å². The summed E-state index contributed by atoms with van der Waals surface area (Å²) in [5.41, 5.74) is 2.32. The maximum atomic E-state index is 13.9. The highest BCUT2D eigenvalue weighted by Gasteiger charge is 2.31. The van der Waals surface area contributed by atoms with E-state index in [-0.39, 0.29) is 49.2 Å². The van der Waals surface area contributed by atoms with Crippen LogP contribution < -0.4 is 14.8 Å². The topological polar surface area (TPSA) is 114 Å². The first-order valence-electron chi connectivity index (χ1n) is 15.5. The van der Waals surface area contributed by atoms with E-state index in [1.165, 1.54) is 45.6 Å². The van der Waals surface area contributed by atoms with Crippen molar-refractivity contribution in [1.29, 1.82) is 0 Å². The number of morpholine rings is 1. The second-order valence-corrected chi connectivity index (χ2v) is 13.1. The van der Waals surface area contributed by atoms with E-state index in [0.717, 1.165) is 11.1 Å². The third-order valence-electron chi connectivity index (χ3n) is 7.96. The maximum absolute atomic E-state index is 13.9. The largest absolute Gasteiger partial charge is 0.497 e. The van der Waals surface area contributed by atoms with Gasteiger partial charge in [0, 0.05) is 32.6 Å². The Hall–Kier alpha value is -4.78. The van der Waals surface area contributed by atoms with Crippen molar-refractivity contribution >= 4 is 21.8 Å². The van der Waals surface area contributed by atoms with Crippen molar-refractivity contribution in [3.8, 4) is 11.5 Å². The van der Waals surface area contributed by atoms with Crippen LogP contribution in [0.3, 0.4) is 0 Å². The summed E-state index contributed by atoms with van der Waals surface area (Å²) < 4.78 is 57.5. The number of rotatable bonds is 14. The van der Waals surface area contributed by atoms with E-state index >= 15 is 0 Å². The van der Waals surface area contributed by atoms with Gasteiger partial charge in [0.15, 0.2) is 6.61 Å². The third-order valence-corrected chi connectivity index (χ3v) is 9.87. The molecule has 0 aliphatic carbocycles. The number of hydrogen-bond donors (Lipinski definition) is 1. The van der Waals surface area contributed by atoms with Crippen LogP contribution in [-0.2, 0) is 43.9 Å². The van der Waals surface area contributed by atoms with Gasteiger partial charge in [0.25, 0.3) is 5.91 Å². The number of amides is 2. The third kappa shape index (κ3) is 9.18. The zero-order valence-corrected chi connectivity index (χ0v) is 27.4. The normalized spacial score (nSPS) is 14.1. The quantitative estimate of drug-likeness (QED) is 0.213. The van der Waals surface area contributed by atoms with E-state index in [1.807, 2.05) is 42.5 Å². The molecule has 0 radical (unpaired) electrons. The minimum atomic E-state index is -3.70. The number of nitrogens with one attached hydrogen (secondary N) is 1. The molecule has 0 spiro atoms. The van der Waals surface area contributed by atoms with Gasteiger partial charge in [0.2, 0.25) is 15.9 Å². The number of carbonyl (C=O) groups excluding carboxylic acids is 2. The molecule has 1 N–H and O–H groups in total. The Morgan fingerprint density at radius 1 is 0.854 bits per heavy atom. The van der Waals surface area contributed by atoms with Gasteiger partial charge in [0.05, 0.1) is 25.2 Å². The second kappa shape index (κ2) is 16.4. The number of sulfonamides is 1. The molecule has 4 aromatic rings. The highest BCUT2D eigenvalue weighted by molar-refractivity contribution is 7.89. The number of hydrogen-bond acceptors (Lipinski definition) is 7. The van der Waals surface area contributed by atoms with E-state index in [0.29, 0.717) is 24.5 Å². The molecule has 5 rings (SSSR count). The zero-order chi connectivity index (χ0) is 33.9. The van der Waals surface area contributed by atoms with Crippen molar-refractivity contribution in [3.05, 3.63) is 126 Å². The summed E-state index contributed by atoms with van der Waals surface area (Å²) in [6, 6.07) is 27.3. The van der Waals surface area contributed by atoms with E-state index in [1.54, 1.807) is 31.4 Å². The maximum Gasteiger partial charge on any atom is 0.261 e. The van der Waals surface area contributed by atoms with Crippen LogP contribution in [0.15, 0.2) is 108 Å². The molecule has 48 heavy (non-hydrogen) atoms. The molecule has 12 heteroatoms. The molecule has 1 fully saturated rings. The average molecular weight is 676 g/mol. The number of ether oxygens (including phenoxy) is 3.